The minimum absolute atomic E-state index is 0.0519. The number of rotatable bonds is 6. The smallest absolute Gasteiger partial charge is 0.333 e. The molecular weight excluding hydrogens is 272 g/mol. The van der Waals surface area contributed by atoms with Crippen LogP contribution < -0.4 is 10.1 Å². The Morgan fingerprint density at radius 1 is 1.38 bits per heavy atom. The first-order valence-corrected chi connectivity index (χ1v) is 7.28. The van der Waals surface area contributed by atoms with Gasteiger partial charge >= 0.3 is 5.69 Å². The van der Waals surface area contributed by atoms with E-state index in [0.717, 1.165) is 25.7 Å². The summed E-state index contributed by atoms with van der Waals surface area (Å²) in [6.07, 6.45) is 5.30. The summed E-state index contributed by atoms with van der Waals surface area (Å²) in [5, 5.41) is 24.1. The average Bonchev–Trinajstić information content (AvgIpc) is 2.53. The van der Waals surface area contributed by atoms with E-state index >= 15 is 0 Å². The molecule has 6 nitrogen and oxygen atoms in total. The van der Waals surface area contributed by atoms with Gasteiger partial charge in [-0.1, -0.05) is 25.3 Å². The summed E-state index contributed by atoms with van der Waals surface area (Å²) in [7, 11) is 1.42. The van der Waals surface area contributed by atoms with Gasteiger partial charge in [0.2, 0.25) is 0 Å². The Morgan fingerprint density at radius 3 is 2.67 bits per heavy atom. The number of nitro benzene ring substituents is 1. The fraction of sp³-hybridized carbons (Fsp3) is 0.600. The van der Waals surface area contributed by atoms with E-state index in [1.165, 1.54) is 13.5 Å². The molecule has 0 spiro atoms. The fourth-order valence-electron chi connectivity index (χ4n) is 2.99. The molecule has 0 radical (unpaired) electrons. The molecule has 0 aromatic heterocycles. The molecule has 21 heavy (non-hydrogen) atoms. The second-order valence-electron chi connectivity index (χ2n) is 5.69. The zero-order chi connectivity index (χ0) is 15.3. The van der Waals surface area contributed by atoms with Crippen molar-refractivity contribution >= 4 is 11.4 Å². The van der Waals surface area contributed by atoms with E-state index in [1.807, 2.05) is 0 Å². The number of para-hydroxylation sites is 1. The number of hydrogen-bond acceptors (Lipinski definition) is 5. The monoisotopic (exact) mass is 294 g/mol. The number of ether oxygens (including phenoxy) is 1. The number of nitrogens with one attached hydrogen (secondary N) is 1. The van der Waals surface area contributed by atoms with Crippen molar-refractivity contribution in [3.63, 3.8) is 0 Å². The topological polar surface area (TPSA) is 84.6 Å². The number of nitro groups is 1. The summed E-state index contributed by atoms with van der Waals surface area (Å²) in [5.74, 6) is 0.242. The summed E-state index contributed by atoms with van der Waals surface area (Å²) < 4.78 is 5.06. The van der Waals surface area contributed by atoms with Gasteiger partial charge in [0.1, 0.15) is 5.69 Å². The third kappa shape index (κ3) is 3.44. The van der Waals surface area contributed by atoms with Crippen molar-refractivity contribution in [2.75, 3.05) is 25.6 Å². The molecule has 1 aromatic rings. The lowest BCUT2D eigenvalue weighted by Gasteiger charge is -2.35. The van der Waals surface area contributed by atoms with Crippen LogP contribution in [-0.4, -0.2) is 30.3 Å². The van der Waals surface area contributed by atoms with Crippen LogP contribution in [0, 0.1) is 15.5 Å². The van der Waals surface area contributed by atoms with Gasteiger partial charge in [-0.05, 0) is 25.0 Å². The highest BCUT2D eigenvalue weighted by atomic mass is 16.6. The summed E-state index contributed by atoms with van der Waals surface area (Å²) in [6, 6.07) is 4.97. The number of aliphatic hydroxyl groups excluding tert-OH is 1. The number of aliphatic hydroxyl groups is 1. The second kappa shape index (κ2) is 6.76. The molecule has 1 saturated carbocycles. The molecule has 6 heteroatoms. The van der Waals surface area contributed by atoms with E-state index in [2.05, 4.69) is 5.32 Å². The SMILES string of the molecule is COc1cccc(NCC2(CO)CCCCC2)c1[N+](=O)[O-]. The first kappa shape index (κ1) is 15.6. The average molecular weight is 294 g/mol. The summed E-state index contributed by atoms with van der Waals surface area (Å²) in [5.41, 5.74) is 0.219. The molecule has 0 saturated heterocycles. The van der Waals surface area contributed by atoms with Gasteiger partial charge in [0.15, 0.2) is 5.75 Å². The first-order valence-electron chi connectivity index (χ1n) is 7.28. The Kier molecular flexibility index (Phi) is 5.01. The van der Waals surface area contributed by atoms with Crippen LogP contribution in [0.15, 0.2) is 18.2 Å². The molecule has 0 atom stereocenters. The molecule has 1 fully saturated rings. The van der Waals surface area contributed by atoms with Crippen molar-refractivity contribution in [1.82, 2.24) is 0 Å². The molecule has 0 amide bonds. The third-order valence-corrected chi connectivity index (χ3v) is 4.30. The van der Waals surface area contributed by atoms with Gasteiger partial charge < -0.3 is 15.2 Å². The van der Waals surface area contributed by atoms with Crippen LogP contribution >= 0.6 is 0 Å². The quantitative estimate of drug-likeness (QED) is 0.622. The van der Waals surface area contributed by atoms with E-state index in [0.29, 0.717) is 12.2 Å². The van der Waals surface area contributed by atoms with Gasteiger partial charge in [0, 0.05) is 12.0 Å². The minimum Gasteiger partial charge on any atom is -0.490 e. The van der Waals surface area contributed by atoms with Crippen molar-refractivity contribution in [2.24, 2.45) is 5.41 Å². The zero-order valence-corrected chi connectivity index (χ0v) is 12.3. The van der Waals surface area contributed by atoms with Crippen LogP contribution in [0.5, 0.6) is 5.75 Å². The molecule has 0 bridgehead atoms. The van der Waals surface area contributed by atoms with Crippen molar-refractivity contribution in [3.05, 3.63) is 28.3 Å². The Hall–Kier alpha value is -1.82. The Bertz CT molecular complexity index is 498. The largest absolute Gasteiger partial charge is 0.490 e. The zero-order valence-electron chi connectivity index (χ0n) is 12.3. The molecule has 1 aromatic carbocycles. The van der Waals surface area contributed by atoms with Crippen molar-refractivity contribution in [3.8, 4) is 5.75 Å². The molecular formula is C15H22N2O4. The van der Waals surface area contributed by atoms with Gasteiger partial charge in [-0.2, -0.15) is 0 Å². The maximum Gasteiger partial charge on any atom is 0.333 e. The van der Waals surface area contributed by atoms with E-state index in [-0.39, 0.29) is 23.5 Å². The number of nitrogens with zero attached hydrogens (tertiary/aromatic N) is 1. The Morgan fingerprint density at radius 2 is 2.10 bits per heavy atom. The van der Waals surface area contributed by atoms with Crippen molar-refractivity contribution in [1.29, 1.82) is 0 Å². The predicted molar refractivity (Wildman–Crippen MR) is 80.7 cm³/mol. The predicted octanol–water partition coefficient (Wildman–Crippen LogP) is 2.96. The maximum atomic E-state index is 11.2. The van der Waals surface area contributed by atoms with Gasteiger partial charge in [0.05, 0.1) is 18.6 Å². The van der Waals surface area contributed by atoms with Crippen LogP contribution in [0.4, 0.5) is 11.4 Å². The number of anilines is 1. The fourth-order valence-corrected chi connectivity index (χ4v) is 2.99. The van der Waals surface area contributed by atoms with Gasteiger partial charge in [0.25, 0.3) is 0 Å². The maximum absolute atomic E-state index is 11.2. The Labute approximate surface area is 124 Å². The van der Waals surface area contributed by atoms with Crippen LogP contribution in [0.25, 0.3) is 0 Å². The van der Waals surface area contributed by atoms with Gasteiger partial charge in [-0.15, -0.1) is 0 Å². The van der Waals surface area contributed by atoms with Crippen LogP contribution in [0.2, 0.25) is 0 Å². The summed E-state index contributed by atoms with van der Waals surface area (Å²) in [6.45, 7) is 0.648. The summed E-state index contributed by atoms with van der Waals surface area (Å²) in [4.78, 5) is 10.8. The highest BCUT2D eigenvalue weighted by Crippen LogP contribution is 2.38. The first-order chi connectivity index (χ1) is 10.1. The molecule has 0 aliphatic heterocycles. The lowest BCUT2D eigenvalue weighted by Crippen LogP contribution is -2.35. The molecule has 0 heterocycles. The molecule has 1 aliphatic carbocycles. The van der Waals surface area contributed by atoms with Crippen molar-refractivity contribution < 1.29 is 14.8 Å². The highest BCUT2D eigenvalue weighted by molar-refractivity contribution is 5.68. The minimum atomic E-state index is -0.437. The van der Waals surface area contributed by atoms with E-state index in [1.54, 1.807) is 18.2 Å². The van der Waals surface area contributed by atoms with Crippen LogP contribution in [0.1, 0.15) is 32.1 Å². The normalized spacial score (nSPS) is 17.2. The second-order valence-corrected chi connectivity index (χ2v) is 5.69. The molecule has 0 unspecified atom stereocenters. The van der Waals surface area contributed by atoms with Gasteiger partial charge in [-0.3, -0.25) is 10.1 Å². The Balaban J connectivity index is 2.17. The van der Waals surface area contributed by atoms with Crippen molar-refractivity contribution in [2.45, 2.75) is 32.1 Å². The molecule has 116 valence electrons. The molecule has 2 rings (SSSR count). The van der Waals surface area contributed by atoms with Crippen LogP contribution in [0.3, 0.4) is 0 Å². The standard InChI is InChI=1S/C15H22N2O4/c1-21-13-7-5-6-12(14(13)17(19)20)16-10-15(11-18)8-3-2-4-9-15/h5-7,16,18H,2-4,8-11H2,1H3. The van der Waals surface area contributed by atoms with Gasteiger partial charge in [-0.25, -0.2) is 0 Å². The van der Waals surface area contributed by atoms with E-state index in [9.17, 15) is 15.2 Å². The lowest BCUT2D eigenvalue weighted by molar-refractivity contribution is -0.384. The summed E-state index contributed by atoms with van der Waals surface area (Å²) >= 11 is 0. The molecule has 1 aliphatic rings. The lowest BCUT2D eigenvalue weighted by atomic mass is 9.74. The number of hydrogen-bond donors (Lipinski definition) is 2. The van der Waals surface area contributed by atoms with E-state index in [4.69, 9.17) is 4.74 Å². The number of methoxy groups -OCH3 is 1. The van der Waals surface area contributed by atoms with Crippen LogP contribution in [-0.2, 0) is 0 Å². The number of benzene rings is 1. The highest BCUT2D eigenvalue weighted by Gasteiger charge is 2.32. The molecule has 2 N–H and O–H groups in total. The third-order valence-electron chi connectivity index (χ3n) is 4.30. The van der Waals surface area contributed by atoms with E-state index < -0.39 is 4.92 Å².